The van der Waals surface area contributed by atoms with E-state index in [-0.39, 0.29) is 0 Å². The summed E-state index contributed by atoms with van der Waals surface area (Å²) in [6.07, 6.45) is 2.20. The maximum atomic E-state index is 5.75. The molecule has 2 aromatic heterocycles. The monoisotopic (exact) mass is 450 g/mol. The van der Waals surface area contributed by atoms with Crippen molar-refractivity contribution in [2.24, 2.45) is 7.05 Å². The van der Waals surface area contributed by atoms with Crippen molar-refractivity contribution < 1.29 is 4.74 Å². The summed E-state index contributed by atoms with van der Waals surface area (Å²) in [5.41, 5.74) is 4.54. The highest BCUT2D eigenvalue weighted by Crippen LogP contribution is 2.30. The summed E-state index contributed by atoms with van der Waals surface area (Å²) in [4.78, 5) is 4.82. The van der Waals surface area contributed by atoms with Gasteiger partial charge in [0.05, 0.1) is 12.3 Å². The van der Waals surface area contributed by atoms with Gasteiger partial charge in [-0.05, 0) is 43.2 Å². The molecule has 2 aromatic carbocycles. The van der Waals surface area contributed by atoms with Crippen molar-refractivity contribution in [3.8, 4) is 27.7 Å². The molecule has 5 nitrogen and oxygen atoms in total. The number of benzene rings is 2. The van der Waals surface area contributed by atoms with Gasteiger partial charge >= 0.3 is 0 Å². The highest BCUT2D eigenvalue weighted by molar-refractivity contribution is 7.98. The number of thioether (sulfide) groups is 1. The van der Waals surface area contributed by atoms with E-state index in [1.165, 1.54) is 11.1 Å². The van der Waals surface area contributed by atoms with Crippen molar-refractivity contribution in [2.75, 3.05) is 6.61 Å². The number of ether oxygens (including phenoxy) is 1. The molecule has 0 aliphatic rings. The number of hydrogen-bond donors (Lipinski definition) is 0. The minimum Gasteiger partial charge on any atom is -0.494 e. The van der Waals surface area contributed by atoms with Gasteiger partial charge < -0.3 is 9.30 Å². The molecule has 160 valence electrons. The van der Waals surface area contributed by atoms with Crippen LogP contribution in [0, 0.1) is 6.92 Å². The number of rotatable bonds is 9. The van der Waals surface area contributed by atoms with Gasteiger partial charge in [0.25, 0.3) is 0 Å². The molecule has 0 bridgehead atoms. The van der Waals surface area contributed by atoms with Crippen LogP contribution in [0.3, 0.4) is 0 Å². The molecular weight excluding hydrogens is 424 g/mol. The third-order valence-electron chi connectivity index (χ3n) is 4.99. The number of nitrogens with zero attached hydrogens (tertiary/aromatic N) is 4. The highest BCUT2D eigenvalue weighted by atomic mass is 32.2. The third-order valence-corrected chi connectivity index (χ3v) is 6.97. The van der Waals surface area contributed by atoms with Gasteiger partial charge in [-0.2, -0.15) is 0 Å². The largest absolute Gasteiger partial charge is 0.494 e. The molecule has 4 rings (SSSR count). The van der Waals surface area contributed by atoms with Crippen LogP contribution in [0.4, 0.5) is 0 Å². The maximum absolute atomic E-state index is 5.75. The second kappa shape index (κ2) is 10.1. The van der Waals surface area contributed by atoms with E-state index >= 15 is 0 Å². The summed E-state index contributed by atoms with van der Waals surface area (Å²) in [5.74, 6) is 2.50. The van der Waals surface area contributed by atoms with E-state index < -0.39 is 0 Å². The SMILES string of the molecule is CCCCOc1ccc(-c2nnc(SCc3csc(-c4ccccc4C)n3)n2C)cc1. The van der Waals surface area contributed by atoms with Crippen LogP contribution in [0.25, 0.3) is 22.0 Å². The molecule has 0 atom stereocenters. The summed E-state index contributed by atoms with van der Waals surface area (Å²) in [6.45, 7) is 5.03. The number of aromatic nitrogens is 4. The topological polar surface area (TPSA) is 52.8 Å². The third kappa shape index (κ3) is 5.17. The van der Waals surface area contributed by atoms with Gasteiger partial charge in [-0.15, -0.1) is 21.5 Å². The number of aryl methyl sites for hydroxylation is 1. The molecule has 0 N–H and O–H groups in total. The predicted octanol–water partition coefficient (Wildman–Crippen LogP) is 6.39. The lowest BCUT2D eigenvalue weighted by atomic mass is 10.1. The van der Waals surface area contributed by atoms with Gasteiger partial charge in [0.2, 0.25) is 0 Å². The minimum absolute atomic E-state index is 0.753. The summed E-state index contributed by atoms with van der Waals surface area (Å²) in [7, 11) is 2.00. The zero-order valence-corrected chi connectivity index (χ0v) is 19.7. The summed E-state index contributed by atoms with van der Waals surface area (Å²) in [6, 6.07) is 16.4. The second-order valence-corrected chi connectivity index (χ2v) is 9.14. The van der Waals surface area contributed by atoms with Crippen LogP contribution < -0.4 is 4.74 Å². The van der Waals surface area contributed by atoms with Crippen LogP contribution in [0.5, 0.6) is 5.75 Å². The Morgan fingerprint density at radius 2 is 1.87 bits per heavy atom. The maximum Gasteiger partial charge on any atom is 0.191 e. The van der Waals surface area contributed by atoms with Crippen molar-refractivity contribution >= 4 is 23.1 Å². The van der Waals surface area contributed by atoms with Crippen LogP contribution in [0.15, 0.2) is 59.1 Å². The highest BCUT2D eigenvalue weighted by Gasteiger charge is 2.13. The Balaban J connectivity index is 1.41. The van der Waals surface area contributed by atoms with E-state index in [1.807, 2.05) is 35.9 Å². The fourth-order valence-corrected chi connectivity index (χ4v) is 4.99. The first-order chi connectivity index (χ1) is 15.2. The summed E-state index contributed by atoms with van der Waals surface area (Å²) >= 11 is 3.34. The first-order valence-corrected chi connectivity index (χ1v) is 12.3. The predicted molar refractivity (Wildman–Crippen MR) is 129 cm³/mol. The number of thiazole rings is 1. The lowest BCUT2D eigenvalue weighted by Gasteiger charge is -2.07. The Morgan fingerprint density at radius 1 is 1.06 bits per heavy atom. The number of hydrogen-bond acceptors (Lipinski definition) is 6. The van der Waals surface area contributed by atoms with E-state index in [2.05, 4.69) is 53.7 Å². The van der Waals surface area contributed by atoms with Crippen LogP contribution in [0.2, 0.25) is 0 Å². The lowest BCUT2D eigenvalue weighted by Crippen LogP contribution is -1.97. The number of unbranched alkanes of at least 4 members (excludes halogenated alkanes) is 1. The van der Waals surface area contributed by atoms with Crippen molar-refractivity contribution in [1.82, 2.24) is 19.7 Å². The van der Waals surface area contributed by atoms with Crippen LogP contribution >= 0.6 is 23.1 Å². The molecule has 0 spiro atoms. The molecular formula is C24H26N4OS2. The van der Waals surface area contributed by atoms with Crippen LogP contribution in [-0.4, -0.2) is 26.4 Å². The molecule has 0 fully saturated rings. The molecule has 7 heteroatoms. The minimum atomic E-state index is 0.753. The zero-order chi connectivity index (χ0) is 21.6. The van der Waals surface area contributed by atoms with Crippen LogP contribution in [0.1, 0.15) is 31.0 Å². The van der Waals surface area contributed by atoms with Gasteiger partial charge in [0.15, 0.2) is 11.0 Å². The normalized spacial score (nSPS) is 11.1. The molecule has 0 aliphatic heterocycles. The zero-order valence-electron chi connectivity index (χ0n) is 18.0. The Morgan fingerprint density at radius 3 is 2.65 bits per heavy atom. The molecule has 2 heterocycles. The Hall–Kier alpha value is -2.64. The van der Waals surface area contributed by atoms with Crippen molar-refractivity contribution in [1.29, 1.82) is 0 Å². The Kier molecular flexibility index (Phi) is 7.04. The Labute approximate surface area is 191 Å². The summed E-state index contributed by atoms with van der Waals surface area (Å²) in [5, 5.41) is 12.9. The fraction of sp³-hybridized carbons (Fsp3) is 0.292. The van der Waals surface area contributed by atoms with E-state index in [1.54, 1.807) is 23.1 Å². The van der Waals surface area contributed by atoms with Crippen molar-refractivity contribution in [2.45, 2.75) is 37.6 Å². The average molecular weight is 451 g/mol. The first kappa shape index (κ1) is 21.6. The van der Waals surface area contributed by atoms with Crippen molar-refractivity contribution in [3.05, 3.63) is 65.2 Å². The molecule has 4 aromatic rings. The van der Waals surface area contributed by atoms with E-state index in [0.29, 0.717) is 0 Å². The first-order valence-electron chi connectivity index (χ1n) is 10.4. The average Bonchev–Trinajstić information content (AvgIpc) is 3.40. The van der Waals surface area contributed by atoms with Gasteiger partial charge in [0.1, 0.15) is 10.8 Å². The van der Waals surface area contributed by atoms with Gasteiger partial charge in [-0.3, -0.25) is 0 Å². The molecule has 0 saturated heterocycles. The van der Waals surface area contributed by atoms with Crippen molar-refractivity contribution in [3.63, 3.8) is 0 Å². The van der Waals surface area contributed by atoms with Gasteiger partial charge in [0, 0.05) is 29.3 Å². The molecule has 0 radical (unpaired) electrons. The Bertz CT molecular complexity index is 1130. The molecule has 31 heavy (non-hydrogen) atoms. The quantitative estimate of drug-likeness (QED) is 0.219. The molecule has 0 saturated carbocycles. The van der Waals surface area contributed by atoms with Gasteiger partial charge in [-0.1, -0.05) is 49.4 Å². The second-order valence-electron chi connectivity index (χ2n) is 7.34. The molecule has 0 aliphatic carbocycles. The fourth-order valence-electron chi connectivity index (χ4n) is 3.17. The van der Waals surface area contributed by atoms with E-state index in [9.17, 15) is 0 Å². The smallest absolute Gasteiger partial charge is 0.191 e. The standard InChI is InChI=1S/C24H26N4OS2/c1-4-5-14-29-20-12-10-18(11-13-20)22-26-27-24(28(22)3)31-16-19-15-30-23(25-19)21-9-7-6-8-17(21)2/h6-13,15H,4-5,14,16H2,1-3H3. The van der Waals surface area contributed by atoms with Crippen LogP contribution in [-0.2, 0) is 12.8 Å². The molecule has 0 amide bonds. The lowest BCUT2D eigenvalue weighted by molar-refractivity contribution is 0.309. The van der Waals surface area contributed by atoms with Gasteiger partial charge in [-0.25, -0.2) is 4.98 Å². The van der Waals surface area contributed by atoms with E-state index in [0.717, 1.165) is 58.2 Å². The van der Waals surface area contributed by atoms with E-state index in [4.69, 9.17) is 9.72 Å². The molecule has 0 unspecified atom stereocenters. The summed E-state index contributed by atoms with van der Waals surface area (Å²) < 4.78 is 7.78.